The van der Waals surface area contributed by atoms with E-state index in [1.807, 2.05) is 36.1 Å². The molecule has 1 amide bonds. The summed E-state index contributed by atoms with van der Waals surface area (Å²) in [5, 5.41) is 0. The van der Waals surface area contributed by atoms with Gasteiger partial charge in [-0.25, -0.2) is 0 Å². The highest BCUT2D eigenvalue weighted by Gasteiger charge is 2.33. The highest BCUT2D eigenvalue weighted by Crippen LogP contribution is 2.30. The number of carbonyl (C=O) groups excluding carboxylic acids is 1. The molecule has 1 aliphatic carbocycles. The first-order valence-electron chi connectivity index (χ1n) is 7.25. The molecule has 1 fully saturated rings. The van der Waals surface area contributed by atoms with Crippen molar-refractivity contribution >= 4 is 5.91 Å². The fourth-order valence-corrected chi connectivity index (χ4v) is 3.20. The minimum atomic E-state index is 0.158. The first kappa shape index (κ1) is 14.1. The van der Waals surface area contributed by atoms with Crippen LogP contribution in [0.1, 0.15) is 42.1 Å². The van der Waals surface area contributed by atoms with Crippen LogP contribution in [0.25, 0.3) is 0 Å². The summed E-state index contributed by atoms with van der Waals surface area (Å²) in [5.74, 6) is 0.624. The normalized spacial score (nSPS) is 22.5. The molecule has 1 aromatic rings. The Balaban J connectivity index is 2.22. The lowest BCUT2D eigenvalue weighted by atomic mass is 10.00. The van der Waals surface area contributed by atoms with Gasteiger partial charge >= 0.3 is 0 Å². The Morgan fingerprint density at radius 1 is 1.37 bits per heavy atom. The van der Waals surface area contributed by atoms with Gasteiger partial charge in [0.2, 0.25) is 0 Å². The number of benzene rings is 1. The average molecular weight is 260 g/mol. The summed E-state index contributed by atoms with van der Waals surface area (Å²) in [6.45, 7) is 5.49. The zero-order chi connectivity index (χ0) is 13.8. The maximum absolute atomic E-state index is 12.7. The summed E-state index contributed by atoms with van der Waals surface area (Å²) in [6, 6.07) is 8.15. The second-order valence-corrected chi connectivity index (χ2v) is 5.40. The molecule has 2 unspecified atom stereocenters. The Morgan fingerprint density at radius 3 is 2.74 bits per heavy atom. The van der Waals surface area contributed by atoms with Gasteiger partial charge in [0.25, 0.3) is 5.91 Å². The second-order valence-electron chi connectivity index (χ2n) is 5.40. The van der Waals surface area contributed by atoms with Crippen molar-refractivity contribution in [3.05, 3.63) is 35.4 Å². The summed E-state index contributed by atoms with van der Waals surface area (Å²) >= 11 is 0. The Bertz CT molecular complexity index is 444. The van der Waals surface area contributed by atoms with Crippen molar-refractivity contribution in [3.8, 4) is 0 Å². The van der Waals surface area contributed by atoms with Crippen LogP contribution in [0.3, 0.4) is 0 Å². The van der Waals surface area contributed by atoms with Crippen molar-refractivity contribution < 1.29 is 4.79 Å². The summed E-state index contributed by atoms with van der Waals surface area (Å²) < 4.78 is 0. The minimum absolute atomic E-state index is 0.158. The van der Waals surface area contributed by atoms with Gasteiger partial charge in [0.1, 0.15) is 0 Å². The van der Waals surface area contributed by atoms with Crippen LogP contribution in [0, 0.1) is 12.8 Å². The van der Waals surface area contributed by atoms with Gasteiger partial charge < -0.3 is 10.6 Å². The third kappa shape index (κ3) is 2.81. The quantitative estimate of drug-likeness (QED) is 0.904. The van der Waals surface area contributed by atoms with Crippen molar-refractivity contribution in [3.63, 3.8) is 0 Å². The van der Waals surface area contributed by atoms with Crippen LogP contribution in [-0.2, 0) is 0 Å². The molecule has 1 saturated carbocycles. The summed E-state index contributed by atoms with van der Waals surface area (Å²) in [5.41, 5.74) is 7.72. The molecule has 1 aromatic carbocycles. The van der Waals surface area contributed by atoms with Crippen LogP contribution in [0.4, 0.5) is 0 Å². The number of nitrogens with two attached hydrogens (primary N) is 1. The lowest BCUT2D eigenvalue weighted by molar-refractivity contribution is 0.0651. The number of rotatable bonds is 4. The van der Waals surface area contributed by atoms with Crippen LogP contribution < -0.4 is 5.73 Å². The lowest BCUT2D eigenvalue weighted by Gasteiger charge is -2.32. The second kappa shape index (κ2) is 6.20. The first-order valence-corrected chi connectivity index (χ1v) is 7.25. The molecular weight excluding hydrogens is 236 g/mol. The van der Waals surface area contributed by atoms with Crippen molar-refractivity contribution in [2.75, 3.05) is 13.1 Å². The van der Waals surface area contributed by atoms with Crippen LogP contribution in [0.2, 0.25) is 0 Å². The van der Waals surface area contributed by atoms with E-state index in [-0.39, 0.29) is 5.91 Å². The number of aryl methyl sites for hydroxylation is 1. The molecule has 3 heteroatoms. The van der Waals surface area contributed by atoms with E-state index in [0.29, 0.717) is 18.5 Å². The zero-order valence-electron chi connectivity index (χ0n) is 11.9. The van der Waals surface area contributed by atoms with E-state index < -0.39 is 0 Å². The topological polar surface area (TPSA) is 46.3 Å². The minimum Gasteiger partial charge on any atom is -0.336 e. The third-order valence-corrected chi connectivity index (χ3v) is 4.30. The van der Waals surface area contributed by atoms with Gasteiger partial charge in [0.05, 0.1) is 0 Å². The standard InChI is InChI=1S/C16H24N2O/c1-3-18(15-10-6-8-13(15)11-17)16(19)14-9-5-4-7-12(14)2/h4-5,7,9,13,15H,3,6,8,10-11,17H2,1-2H3. The van der Waals surface area contributed by atoms with E-state index >= 15 is 0 Å². The van der Waals surface area contributed by atoms with Gasteiger partial charge in [-0.15, -0.1) is 0 Å². The van der Waals surface area contributed by atoms with Crippen molar-refractivity contribution in [1.82, 2.24) is 4.90 Å². The summed E-state index contributed by atoms with van der Waals surface area (Å²) in [7, 11) is 0. The van der Waals surface area contributed by atoms with E-state index in [1.165, 1.54) is 6.42 Å². The van der Waals surface area contributed by atoms with Crippen LogP contribution in [0.5, 0.6) is 0 Å². The Labute approximate surface area is 115 Å². The van der Waals surface area contributed by atoms with Crippen LogP contribution >= 0.6 is 0 Å². The van der Waals surface area contributed by atoms with Gasteiger partial charge in [-0.3, -0.25) is 4.79 Å². The van der Waals surface area contributed by atoms with Crippen LogP contribution in [0.15, 0.2) is 24.3 Å². The average Bonchev–Trinajstić information content (AvgIpc) is 2.88. The summed E-state index contributed by atoms with van der Waals surface area (Å²) in [4.78, 5) is 14.8. The number of hydrogen-bond donors (Lipinski definition) is 1. The molecule has 2 rings (SSSR count). The Hall–Kier alpha value is -1.35. The van der Waals surface area contributed by atoms with Crippen LogP contribution in [-0.4, -0.2) is 29.9 Å². The number of amides is 1. The van der Waals surface area contributed by atoms with E-state index in [4.69, 9.17) is 5.73 Å². The molecule has 0 saturated heterocycles. The molecule has 0 spiro atoms. The molecule has 3 nitrogen and oxygen atoms in total. The SMILES string of the molecule is CCN(C(=O)c1ccccc1C)C1CCCC1CN. The Kier molecular flexibility index (Phi) is 4.59. The van der Waals surface area contributed by atoms with E-state index in [0.717, 1.165) is 30.5 Å². The molecule has 19 heavy (non-hydrogen) atoms. The van der Waals surface area contributed by atoms with Gasteiger partial charge in [-0.05, 0) is 50.8 Å². The highest BCUT2D eigenvalue weighted by molar-refractivity contribution is 5.95. The van der Waals surface area contributed by atoms with Crippen molar-refractivity contribution in [2.45, 2.75) is 39.2 Å². The molecule has 104 valence electrons. The largest absolute Gasteiger partial charge is 0.336 e. The zero-order valence-corrected chi connectivity index (χ0v) is 11.9. The summed E-state index contributed by atoms with van der Waals surface area (Å²) in [6.07, 6.45) is 3.43. The maximum Gasteiger partial charge on any atom is 0.254 e. The monoisotopic (exact) mass is 260 g/mol. The first-order chi connectivity index (χ1) is 9.19. The van der Waals surface area contributed by atoms with Crippen molar-refractivity contribution in [1.29, 1.82) is 0 Å². The smallest absolute Gasteiger partial charge is 0.254 e. The van der Waals surface area contributed by atoms with Gasteiger partial charge in [-0.2, -0.15) is 0 Å². The van der Waals surface area contributed by atoms with Gasteiger partial charge in [0.15, 0.2) is 0 Å². The van der Waals surface area contributed by atoms with Gasteiger partial charge in [0, 0.05) is 18.2 Å². The molecule has 2 atom stereocenters. The Morgan fingerprint density at radius 2 is 2.11 bits per heavy atom. The van der Waals surface area contributed by atoms with E-state index in [2.05, 4.69) is 6.92 Å². The highest BCUT2D eigenvalue weighted by atomic mass is 16.2. The number of hydrogen-bond acceptors (Lipinski definition) is 2. The third-order valence-electron chi connectivity index (χ3n) is 4.30. The fraction of sp³-hybridized carbons (Fsp3) is 0.562. The molecule has 0 bridgehead atoms. The van der Waals surface area contributed by atoms with Crippen molar-refractivity contribution in [2.24, 2.45) is 11.7 Å². The molecule has 2 N–H and O–H groups in total. The molecule has 0 radical (unpaired) electrons. The predicted octanol–water partition coefficient (Wildman–Crippen LogP) is 2.58. The van der Waals surface area contributed by atoms with E-state index in [9.17, 15) is 4.79 Å². The molecule has 0 aromatic heterocycles. The van der Waals surface area contributed by atoms with Gasteiger partial charge in [-0.1, -0.05) is 24.6 Å². The molecule has 0 aliphatic heterocycles. The number of carbonyl (C=O) groups is 1. The molecule has 1 aliphatic rings. The maximum atomic E-state index is 12.7. The lowest BCUT2D eigenvalue weighted by Crippen LogP contribution is -2.44. The number of nitrogens with zero attached hydrogens (tertiary/aromatic N) is 1. The predicted molar refractivity (Wildman–Crippen MR) is 78.1 cm³/mol. The molecular formula is C16H24N2O. The molecule has 0 heterocycles. The van der Waals surface area contributed by atoms with E-state index in [1.54, 1.807) is 0 Å². The fourth-order valence-electron chi connectivity index (χ4n) is 3.20.